The third kappa shape index (κ3) is 3.72. The van der Waals surface area contributed by atoms with Gasteiger partial charge in [-0.05, 0) is 24.1 Å². The van der Waals surface area contributed by atoms with Gasteiger partial charge in [-0.3, -0.25) is 10.1 Å². The van der Waals surface area contributed by atoms with Crippen molar-refractivity contribution in [3.8, 4) is 11.5 Å². The Kier molecular flexibility index (Phi) is 4.77. The fourth-order valence-corrected chi connectivity index (χ4v) is 2.05. The van der Waals surface area contributed by atoms with Gasteiger partial charge in [0.1, 0.15) is 0 Å². The van der Waals surface area contributed by atoms with E-state index in [9.17, 15) is 10.1 Å². The molecule has 0 atom stereocenters. The van der Waals surface area contributed by atoms with Gasteiger partial charge in [0.25, 0.3) is 5.69 Å². The predicted molar refractivity (Wildman–Crippen MR) is 80.0 cm³/mol. The molecule has 0 fully saturated rings. The van der Waals surface area contributed by atoms with E-state index in [1.165, 1.54) is 30.4 Å². The van der Waals surface area contributed by atoms with E-state index in [1.54, 1.807) is 6.07 Å². The van der Waals surface area contributed by atoms with Gasteiger partial charge in [0.05, 0.1) is 24.7 Å². The van der Waals surface area contributed by atoms with Crippen LogP contribution in [0, 0.1) is 17.0 Å². The molecule has 2 aromatic rings. The van der Waals surface area contributed by atoms with Crippen LogP contribution in [0.5, 0.6) is 11.5 Å². The molecule has 0 saturated carbocycles. The molecule has 21 heavy (non-hydrogen) atoms. The van der Waals surface area contributed by atoms with Crippen LogP contribution in [0.25, 0.3) is 0 Å². The lowest BCUT2D eigenvalue weighted by atomic mass is 10.1. The van der Waals surface area contributed by atoms with Gasteiger partial charge in [-0.15, -0.1) is 0 Å². The van der Waals surface area contributed by atoms with E-state index in [4.69, 9.17) is 9.47 Å². The molecular formula is C16H17NO4. The maximum Gasteiger partial charge on any atom is 0.273 e. The molecule has 2 rings (SSSR count). The van der Waals surface area contributed by atoms with Gasteiger partial charge in [0.2, 0.25) is 0 Å². The monoisotopic (exact) mass is 287 g/mol. The van der Waals surface area contributed by atoms with Crippen molar-refractivity contribution >= 4 is 5.69 Å². The highest BCUT2D eigenvalue weighted by Crippen LogP contribution is 2.31. The van der Waals surface area contributed by atoms with Crippen LogP contribution in [-0.2, 0) is 6.42 Å². The number of hydrogen-bond donors (Lipinski definition) is 0. The molecule has 0 heterocycles. The van der Waals surface area contributed by atoms with Gasteiger partial charge in [0.15, 0.2) is 11.5 Å². The van der Waals surface area contributed by atoms with Crippen molar-refractivity contribution < 1.29 is 14.4 Å². The van der Waals surface area contributed by atoms with Crippen LogP contribution in [0.1, 0.15) is 11.1 Å². The predicted octanol–water partition coefficient (Wildman–Crippen LogP) is 3.53. The molecule has 0 N–H and O–H groups in total. The lowest BCUT2D eigenvalue weighted by Crippen LogP contribution is -2.04. The van der Waals surface area contributed by atoms with E-state index in [0.717, 1.165) is 6.42 Å². The molecule has 0 bridgehead atoms. The van der Waals surface area contributed by atoms with E-state index in [0.29, 0.717) is 18.1 Å². The quantitative estimate of drug-likeness (QED) is 0.602. The SMILES string of the molecule is COc1ccc([N+](=O)[O-])cc1OCCc1ccccc1C. The zero-order chi connectivity index (χ0) is 15.2. The first-order valence-corrected chi connectivity index (χ1v) is 6.61. The molecule has 0 aliphatic carbocycles. The van der Waals surface area contributed by atoms with Crippen LogP contribution in [0.3, 0.4) is 0 Å². The Morgan fingerprint density at radius 3 is 2.57 bits per heavy atom. The number of benzene rings is 2. The summed E-state index contributed by atoms with van der Waals surface area (Å²) >= 11 is 0. The van der Waals surface area contributed by atoms with Crippen LogP contribution >= 0.6 is 0 Å². The lowest BCUT2D eigenvalue weighted by molar-refractivity contribution is -0.385. The third-order valence-electron chi connectivity index (χ3n) is 3.25. The van der Waals surface area contributed by atoms with Crippen LogP contribution in [0.15, 0.2) is 42.5 Å². The maximum absolute atomic E-state index is 10.8. The number of nitro benzene ring substituents is 1. The number of nitrogens with zero attached hydrogens (tertiary/aromatic N) is 1. The fraction of sp³-hybridized carbons (Fsp3) is 0.250. The molecule has 0 aromatic heterocycles. The number of rotatable bonds is 6. The molecule has 5 nitrogen and oxygen atoms in total. The van der Waals surface area contributed by atoms with E-state index < -0.39 is 4.92 Å². The number of ether oxygens (including phenoxy) is 2. The summed E-state index contributed by atoms with van der Waals surface area (Å²) in [6.45, 7) is 2.48. The topological polar surface area (TPSA) is 61.6 Å². The van der Waals surface area contributed by atoms with Crippen LogP contribution in [0.2, 0.25) is 0 Å². The Morgan fingerprint density at radius 2 is 1.90 bits per heavy atom. The van der Waals surface area contributed by atoms with Crippen LogP contribution in [0.4, 0.5) is 5.69 Å². The number of hydrogen-bond acceptors (Lipinski definition) is 4. The zero-order valence-corrected chi connectivity index (χ0v) is 12.0. The average molecular weight is 287 g/mol. The first-order valence-electron chi connectivity index (χ1n) is 6.61. The van der Waals surface area contributed by atoms with Gasteiger partial charge in [-0.25, -0.2) is 0 Å². The number of aryl methyl sites for hydroxylation is 1. The summed E-state index contributed by atoms with van der Waals surface area (Å²) in [5, 5.41) is 10.8. The first kappa shape index (κ1) is 14.8. The summed E-state index contributed by atoms with van der Waals surface area (Å²) in [6, 6.07) is 12.4. The molecule has 0 aliphatic rings. The summed E-state index contributed by atoms with van der Waals surface area (Å²) < 4.78 is 10.8. The van der Waals surface area contributed by atoms with Crippen molar-refractivity contribution in [1.29, 1.82) is 0 Å². The molecule has 110 valence electrons. The lowest BCUT2D eigenvalue weighted by Gasteiger charge is -2.11. The molecule has 2 aromatic carbocycles. The van der Waals surface area contributed by atoms with E-state index >= 15 is 0 Å². The standard InChI is InChI=1S/C16H17NO4/c1-12-5-3-4-6-13(12)9-10-21-16-11-14(17(18)19)7-8-15(16)20-2/h3-8,11H,9-10H2,1-2H3. The van der Waals surface area contributed by atoms with E-state index in [2.05, 4.69) is 0 Å². The summed E-state index contributed by atoms with van der Waals surface area (Å²) in [6.07, 6.45) is 0.735. The Hall–Kier alpha value is -2.56. The number of methoxy groups -OCH3 is 1. The molecule has 0 unspecified atom stereocenters. The summed E-state index contributed by atoms with van der Waals surface area (Å²) in [7, 11) is 1.51. The van der Waals surface area contributed by atoms with Gasteiger partial charge >= 0.3 is 0 Å². The van der Waals surface area contributed by atoms with Crippen LogP contribution < -0.4 is 9.47 Å². The largest absolute Gasteiger partial charge is 0.493 e. The van der Waals surface area contributed by atoms with Crippen molar-refractivity contribution in [2.75, 3.05) is 13.7 Å². The molecule has 5 heteroatoms. The molecular weight excluding hydrogens is 270 g/mol. The number of non-ortho nitro benzene ring substituents is 1. The maximum atomic E-state index is 10.8. The number of nitro groups is 1. The van der Waals surface area contributed by atoms with Crippen LogP contribution in [-0.4, -0.2) is 18.6 Å². The molecule has 0 spiro atoms. The minimum absolute atomic E-state index is 0.0123. The second kappa shape index (κ2) is 6.74. The second-order valence-electron chi connectivity index (χ2n) is 4.62. The van der Waals surface area contributed by atoms with Gasteiger partial charge < -0.3 is 9.47 Å². The molecule has 0 saturated heterocycles. The Morgan fingerprint density at radius 1 is 1.14 bits per heavy atom. The van der Waals surface area contributed by atoms with Crippen molar-refractivity contribution in [2.45, 2.75) is 13.3 Å². The van der Waals surface area contributed by atoms with Gasteiger partial charge in [-0.2, -0.15) is 0 Å². The first-order chi connectivity index (χ1) is 10.1. The minimum Gasteiger partial charge on any atom is -0.493 e. The van der Waals surface area contributed by atoms with Crippen molar-refractivity contribution in [2.24, 2.45) is 0 Å². The molecule has 0 radical (unpaired) electrons. The highest BCUT2D eigenvalue weighted by atomic mass is 16.6. The summed E-state index contributed by atoms with van der Waals surface area (Å²) in [4.78, 5) is 10.4. The summed E-state index contributed by atoms with van der Waals surface area (Å²) in [5.74, 6) is 0.880. The second-order valence-corrected chi connectivity index (χ2v) is 4.62. The summed E-state index contributed by atoms with van der Waals surface area (Å²) in [5.41, 5.74) is 2.38. The van der Waals surface area contributed by atoms with E-state index in [1.807, 2.05) is 31.2 Å². The Balaban J connectivity index is 2.07. The smallest absolute Gasteiger partial charge is 0.273 e. The Labute approximate surface area is 123 Å². The molecule has 0 aliphatic heterocycles. The highest BCUT2D eigenvalue weighted by molar-refractivity contribution is 5.48. The molecule has 0 amide bonds. The minimum atomic E-state index is -0.451. The van der Waals surface area contributed by atoms with Crippen molar-refractivity contribution in [3.05, 3.63) is 63.7 Å². The highest BCUT2D eigenvalue weighted by Gasteiger charge is 2.12. The zero-order valence-electron chi connectivity index (χ0n) is 12.0. The normalized spacial score (nSPS) is 10.2. The third-order valence-corrected chi connectivity index (χ3v) is 3.25. The fourth-order valence-electron chi connectivity index (χ4n) is 2.05. The van der Waals surface area contributed by atoms with Gasteiger partial charge in [0, 0.05) is 12.5 Å². The van der Waals surface area contributed by atoms with Crippen molar-refractivity contribution in [3.63, 3.8) is 0 Å². The van der Waals surface area contributed by atoms with E-state index in [-0.39, 0.29) is 5.69 Å². The van der Waals surface area contributed by atoms with Gasteiger partial charge in [-0.1, -0.05) is 24.3 Å². The van der Waals surface area contributed by atoms with Crippen molar-refractivity contribution in [1.82, 2.24) is 0 Å². The average Bonchev–Trinajstić information content (AvgIpc) is 2.49. The Bertz CT molecular complexity index is 640.